The van der Waals surface area contributed by atoms with Crippen LogP contribution in [0.5, 0.6) is 0 Å². The summed E-state index contributed by atoms with van der Waals surface area (Å²) < 4.78 is 0. The lowest BCUT2D eigenvalue weighted by molar-refractivity contribution is -0.142. The SMILES string of the molecule is O=C1[C@@H](c2ccccc2)CC2(CCN(CCCO)CC2)CN1C1CC1. The maximum absolute atomic E-state index is 13.1. The van der Waals surface area contributed by atoms with Gasteiger partial charge >= 0.3 is 0 Å². The molecule has 1 saturated carbocycles. The van der Waals surface area contributed by atoms with E-state index < -0.39 is 0 Å². The molecule has 1 aromatic carbocycles. The van der Waals surface area contributed by atoms with Gasteiger partial charge < -0.3 is 14.9 Å². The minimum absolute atomic E-state index is 0.0412. The Labute approximate surface area is 150 Å². The third-order valence-corrected chi connectivity index (χ3v) is 6.46. The summed E-state index contributed by atoms with van der Waals surface area (Å²) in [6.07, 6.45) is 6.60. The molecule has 1 atom stereocenters. The van der Waals surface area contributed by atoms with Crippen LogP contribution in [0.2, 0.25) is 0 Å². The molecule has 25 heavy (non-hydrogen) atoms. The maximum Gasteiger partial charge on any atom is 0.230 e. The number of nitrogens with zero attached hydrogens (tertiary/aromatic N) is 2. The molecular formula is C21H30N2O2. The summed E-state index contributed by atoms with van der Waals surface area (Å²) in [5, 5.41) is 9.06. The van der Waals surface area contributed by atoms with Gasteiger partial charge in [0.15, 0.2) is 0 Å². The van der Waals surface area contributed by atoms with Crippen LogP contribution in [0.4, 0.5) is 0 Å². The van der Waals surface area contributed by atoms with Gasteiger partial charge in [-0.1, -0.05) is 30.3 Å². The molecule has 136 valence electrons. The fourth-order valence-electron chi connectivity index (χ4n) is 4.77. The lowest BCUT2D eigenvalue weighted by Crippen LogP contribution is -2.54. The minimum Gasteiger partial charge on any atom is -0.396 e. The first-order chi connectivity index (χ1) is 12.2. The number of likely N-dealkylation sites (tertiary alicyclic amines) is 2. The fraction of sp³-hybridized carbons (Fsp3) is 0.667. The van der Waals surface area contributed by atoms with Crippen molar-refractivity contribution >= 4 is 5.91 Å². The summed E-state index contributed by atoms with van der Waals surface area (Å²) in [5.41, 5.74) is 1.48. The molecule has 3 fully saturated rings. The number of carbonyl (C=O) groups excluding carboxylic acids is 1. The second kappa shape index (κ2) is 7.08. The summed E-state index contributed by atoms with van der Waals surface area (Å²) in [6, 6.07) is 10.9. The van der Waals surface area contributed by atoms with Crippen molar-refractivity contribution in [1.29, 1.82) is 0 Å². The smallest absolute Gasteiger partial charge is 0.230 e. The van der Waals surface area contributed by atoms with Crippen LogP contribution >= 0.6 is 0 Å². The van der Waals surface area contributed by atoms with Crippen molar-refractivity contribution in [3.63, 3.8) is 0 Å². The number of piperidine rings is 2. The van der Waals surface area contributed by atoms with Crippen molar-refractivity contribution in [3.05, 3.63) is 35.9 Å². The maximum atomic E-state index is 13.1. The zero-order chi connectivity index (χ0) is 17.3. The van der Waals surface area contributed by atoms with E-state index in [1.165, 1.54) is 31.2 Å². The molecule has 0 radical (unpaired) electrons. The molecule has 0 aromatic heterocycles. The van der Waals surface area contributed by atoms with E-state index in [4.69, 9.17) is 5.11 Å². The third kappa shape index (κ3) is 3.61. The van der Waals surface area contributed by atoms with Crippen LogP contribution in [0.1, 0.15) is 50.0 Å². The minimum atomic E-state index is 0.0412. The molecule has 3 aliphatic rings. The predicted molar refractivity (Wildman–Crippen MR) is 98.3 cm³/mol. The monoisotopic (exact) mass is 342 g/mol. The van der Waals surface area contributed by atoms with Gasteiger partial charge in [-0.15, -0.1) is 0 Å². The Morgan fingerprint density at radius 2 is 1.84 bits per heavy atom. The van der Waals surface area contributed by atoms with Crippen LogP contribution in [0.15, 0.2) is 30.3 Å². The van der Waals surface area contributed by atoms with Gasteiger partial charge in [0.25, 0.3) is 0 Å². The molecule has 2 heterocycles. The van der Waals surface area contributed by atoms with Gasteiger partial charge in [0.2, 0.25) is 5.91 Å². The van der Waals surface area contributed by atoms with E-state index in [1.54, 1.807) is 0 Å². The van der Waals surface area contributed by atoms with Crippen molar-refractivity contribution in [2.75, 3.05) is 32.8 Å². The van der Waals surface area contributed by atoms with E-state index >= 15 is 0 Å². The first-order valence-electron chi connectivity index (χ1n) is 9.89. The zero-order valence-electron chi connectivity index (χ0n) is 15.1. The van der Waals surface area contributed by atoms with Crippen LogP contribution in [0.25, 0.3) is 0 Å². The standard InChI is InChI=1S/C21H30N2O2/c24-14-4-11-22-12-9-21(10-13-22)15-19(17-5-2-1-3-6-17)20(25)23(16-21)18-7-8-18/h1-3,5-6,18-19,24H,4,7-16H2/t19-/m1/s1. The Morgan fingerprint density at radius 1 is 1.12 bits per heavy atom. The van der Waals surface area contributed by atoms with Crippen LogP contribution in [0.3, 0.4) is 0 Å². The number of hydrogen-bond acceptors (Lipinski definition) is 3. The number of carbonyl (C=O) groups is 1. The lowest BCUT2D eigenvalue weighted by atomic mass is 9.67. The Hall–Kier alpha value is -1.39. The second-order valence-corrected chi connectivity index (χ2v) is 8.28. The Kier molecular flexibility index (Phi) is 4.83. The number of rotatable bonds is 5. The molecule has 1 aromatic rings. The highest BCUT2D eigenvalue weighted by molar-refractivity contribution is 5.85. The van der Waals surface area contributed by atoms with Gasteiger partial charge in [-0.3, -0.25) is 4.79 Å². The predicted octanol–water partition coefficient (Wildman–Crippen LogP) is 2.63. The number of benzene rings is 1. The highest BCUT2D eigenvalue weighted by atomic mass is 16.3. The van der Waals surface area contributed by atoms with E-state index in [0.717, 1.165) is 39.0 Å². The van der Waals surface area contributed by atoms with E-state index in [1.807, 2.05) is 6.07 Å². The third-order valence-electron chi connectivity index (χ3n) is 6.46. The summed E-state index contributed by atoms with van der Waals surface area (Å²) in [5.74, 6) is 0.404. The summed E-state index contributed by atoms with van der Waals surface area (Å²) in [7, 11) is 0. The van der Waals surface area contributed by atoms with Crippen molar-refractivity contribution in [3.8, 4) is 0 Å². The molecule has 1 N–H and O–H groups in total. The molecule has 1 aliphatic carbocycles. The van der Waals surface area contributed by atoms with Crippen molar-refractivity contribution < 1.29 is 9.90 Å². The molecule has 0 bridgehead atoms. The van der Waals surface area contributed by atoms with Crippen LogP contribution in [-0.4, -0.2) is 59.6 Å². The Bertz CT molecular complexity index is 591. The molecule has 4 rings (SSSR count). The summed E-state index contributed by atoms with van der Waals surface area (Å²) in [6.45, 7) is 4.46. The lowest BCUT2D eigenvalue weighted by Gasteiger charge is -2.50. The molecule has 2 saturated heterocycles. The van der Waals surface area contributed by atoms with Crippen LogP contribution < -0.4 is 0 Å². The summed E-state index contributed by atoms with van der Waals surface area (Å²) in [4.78, 5) is 17.8. The quantitative estimate of drug-likeness (QED) is 0.895. The van der Waals surface area contributed by atoms with Gasteiger partial charge in [0.1, 0.15) is 0 Å². The van der Waals surface area contributed by atoms with E-state index in [-0.39, 0.29) is 17.9 Å². The number of amides is 1. The molecular weight excluding hydrogens is 312 g/mol. The van der Waals surface area contributed by atoms with Gasteiger partial charge in [-0.25, -0.2) is 0 Å². The molecule has 4 nitrogen and oxygen atoms in total. The topological polar surface area (TPSA) is 43.8 Å². The van der Waals surface area contributed by atoms with Crippen molar-refractivity contribution in [2.24, 2.45) is 5.41 Å². The Balaban J connectivity index is 1.51. The van der Waals surface area contributed by atoms with Gasteiger partial charge in [-0.05, 0) is 62.6 Å². The molecule has 2 aliphatic heterocycles. The van der Waals surface area contributed by atoms with E-state index in [9.17, 15) is 4.79 Å². The highest BCUT2D eigenvalue weighted by Gasteiger charge is 2.49. The number of aliphatic hydroxyl groups excluding tert-OH is 1. The first-order valence-corrected chi connectivity index (χ1v) is 9.89. The van der Waals surface area contributed by atoms with Gasteiger partial charge in [0, 0.05) is 25.7 Å². The van der Waals surface area contributed by atoms with E-state index in [0.29, 0.717) is 11.9 Å². The summed E-state index contributed by atoms with van der Waals surface area (Å²) >= 11 is 0. The van der Waals surface area contributed by atoms with Crippen molar-refractivity contribution in [2.45, 2.75) is 50.5 Å². The molecule has 0 unspecified atom stereocenters. The average molecular weight is 342 g/mol. The van der Waals surface area contributed by atoms with E-state index in [2.05, 4.69) is 34.1 Å². The molecule has 4 heteroatoms. The number of aliphatic hydroxyl groups is 1. The normalized spacial score (nSPS) is 27.0. The van der Waals surface area contributed by atoms with Gasteiger partial charge in [0.05, 0.1) is 5.92 Å². The molecule has 1 spiro atoms. The highest BCUT2D eigenvalue weighted by Crippen LogP contribution is 2.48. The average Bonchev–Trinajstić information content (AvgIpc) is 3.49. The van der Waals surface area contributed by atoms with Crippen molar-refractivity contribution in [1.82, 2.24) is 9.80 Å². The van der Waals surface area contributed by atoms with Gasteiger partial charge in [-0.2, -0.15) is 0 Å². The largest absolute Gasteiger partial charge is 0.396 e. The van der Waals surface area contributed by atoms with Crippen LogP contribution in [0, 0.1) is 5.41 Å². The molecule has 1 amide bonds. The fourth-order valence-corrected chi connectivity index (χ4v) is 4.77. The Morgan fingerprint density at radius 3 is 2.48 bits per heavy atom. The zero-order valence-corrected chi connectivity index (χ0v) is 15.1. The second-order valence-electron chi connectivity index (χ2n) is 8.28. The van der Waals surface area contributed by atoms with Crippen LogP contribution in [-0.2, 0) is 4.79 Å². The number of hydrogen-bond donors (Lipinski definition) is 1. The first kappa shape index (κ1) is 17.0.